The van der Waals surface area contributed by atoms with Gasteiger partial charge in [0, 0.05) is 49.5 Å². The van der Waals surface area contributed by atoms with Crippen molar-refractivity contribution in [2.24, 2.45) is 0 Å². The Bertz CT molecular complexity index is 1040. The van der Waals surface area contributed by atoms with Crippen molar-refractivity contribution < 1.29 is 13.9 Å². The molecule has 0 amide bonds. The van der Waals surface area contributed by atoms with Crippen molar-refractivity contribution in [2.45, 2.75) is 26.2 Å². The molecule has 3 aromatic rings. The number of carbonyl (C=O) groups excluding carboxylic acids is 1. The number of hydrogen-bond donors (Lipinski definition) is 0. The predicted molar refractivity (Wildman–Crippen MR) is 123 cm³/mol. The van der Waals surface area contributed by atoms with Gasteiger partial charge in [-0.15, -0.1) is 0 Å². The minimum absolute atomic E-state index is 0.238. The predicted octanol–water partition coefficient (Wildman–Crippen LogP) is 4.57. The number of ketones is 1. The van der Waals surface area contributed by atoms with E-state index in [1.165, 1.54) is 0 Å². The zero-order chi connectivity index (χ0) is 21.8. The van der Waals surface area contributed by atoms with Gasteiger partial charge in [-0.25, -0.2) is 9.97 Å². The van der Waals surface area contributed by atoms with Crippen molar-refractivity contribution in [3.8, 4) is 0 Å². The molecule has 1 aromatic carbocycles. The maximum absolute atomic E-state index is 13.4. The number of aromatic nitrogens is 2. The van der Waals surface area contributed by atoms with Crippen LogP contribution < -0.4 is 9.80 Å². The summed E-state index contributed by atoms with van der Waals surface area (Å²) >= 11 is 6.24. The van der Waals surface area contributed by atoms with Crippen molar-refractivity contribution in [1.29, 1.82) is 0 Å². The molecule has 2 aromatic heterocycles. The summed E-state index contributed by atoms with van der Waals surface area (Å²) in [7, 11) is 1.98. The molecule has 164 valence electrons. The van der Waals surface area contributed by atoms with Crippen LogP contribution in [0.25, 0.3) is 11.0 Å². The molecule has 4 rings (SSSR count). The second kappa shape index (κ2) is 9.66. The van der Waals surface area contributed by atoms with E-state index in [-0.39, 0.29) is 5.78 Å². The summed E-state index contributed by atoms with van der Waals surface area (Å²) in [6.45, 7) is 5.78. The van der Waals surface area contributed by atoms with Gasteiger partial charge in [-0.1, -0.05) is 31.4 Å². The third-order valence-corrected chi connectivity index (χ3v) is 5.74. The van der Waals surface area contributed by atoms with Crippen LogP contribution in [0.4, 0.5) is 11.6 Å². The van der Waals surface area contributed by atoms with E-state index < -0.39 is 0 Å². The number of furan rings is 1. The lowest BCUT2D eigenvalue weighted by Gasteiger charge is -2.26. The standard InChI is InChI=1S/C23H27ClN4O3/c1-3-4-5-8-27(2)20-18-13-17(24)6-7-19(18)31-22(20)21(29)16-14-25-23(26-15-16)28-9-11-30-12-10-28/h6-7,13-15H,3-5,8-12H2,1-2H3. The normalized spacial score (nSPS) is 14.2. The number of halogens is 1. The van der Waals surface area contributed by atoms with Crippen molar-refractivity contribution in [2.75, 3.05) is 49.7 Å². The van der Waals surface area contributed by atoms with E-state index in [0.29, 0.717) is 41.1 Å². The van der Waals surface area contributed by atoms with Gasteiger partial charge in [-0.3, -0.25) is 4.79 Å². The Balaban J connectivity index is 1.65. The lowest BCUT2D eigenvalue weighted by Crippen LogP contribution is -2.37. The number of hydrogen-bond acceptors (Lipinski definition) is 7. The highest BCUT2D eigenvalue weighted by atomic mass is 35.5. The van der Waals surface area contributed by atoms with Gasteiger partial charge in [0.1, 0.15) is 5.58 Å². The summed E-state index contributed by atoms with van der Waals surface area (Å²) in [5.41, 5.74) is 1.79. The van der Waals surface area contributed by atoms with Gasteiger partial charge in [-0.2, -0.15) is 0 Å². The van der Waals surface area contributed by atoms with Gasteiger partial charge < -0.3 is 19.0 Å². The van der Waals surface area contributed by atoms with Crippen LogP contribution in [0.15, 0.2) is 35.0 Å². The van der Waals surface area contributed by atoms with E-state index in [1.807, 2.05) is 18.0 Å². The highest BCUT2D eigenvalue weighted by molar-refractivity contribution is 6.31. The molecule has 0 bridgehead atoms. The SMILES string of the molecule is CCCCCN(C)c1c(C(=O)c2cnc(N3CCOCC3)nc2)oc2ccc(Cl)cc12. The fourth-order valence-electron chi connectivity index (χ4n) is 3.80. The number of morpholine rings is 1. The fraction of sp³-hybridized carbons (Fsp3) is 0.435. The van der Waals surface area contributed by atoms with E-state index in [0.717, 1.165) is 50.0 Å². The first-order valence-electron chi connectivity index (χ1n) is 10.7. The molecule has 31 heavy (non-hydrogen) atoms. The number of nitrogens with zero attached hydrogens (tertiary/aromatic N) is 4. The molecule has 1 aliphatic rings. The van der Waals surface area contributed by atoms with Gasteiger partial charge in [-0.05, 0) is 24.6 Å². The Hall–Kier alpha value is -2.64. The summed E-state index contributed by atoms with van der Waals surface area (Å²) < 4.78 is 11.4. The number of fused-ring (bicyclic) bond motifs is 1. The summed E-state index contributed by atoms with van der Waals surface area (Å²) in [6, 6.07) is 5.42. The monoisotopic (exact) mass is 442 g/mol. The van der Waals surface area contributed by atoms with Gasteiger partial charge >= 0.3 is 0 Å². The first-order chi connectivity index (χ1) is 15.1. The Morgan fingerprint density at radius 1 is 1.19 bits per heavy atom. The van der Waals surface area contributed by atoms with Crippen molar-refractivity contribution in [1.82, 2.24) is 9.97 Å². The minimum Gasteiger partial charge on any atom is -0.450 e. The highest BCUT2D eigenvalue weighted by Gasteiger charge is 2.25. The first kappa shape index (κ1) is 21.6. The molecule has 0 unspecified atom stereocenters. The second-order valence-corrected chi connectivity index (χ2v) is 8.19. The van der Waals surface area contributed by atoms with Crippen molar-refractivity contribution in [3.63, 3.8) is 0 Å². The average Bonchev–Trinajstić information content (AvgIpc) is 3.18. The topological polar surface area (TPSA) is 71.7 Å². The second-order valence-electron chi connectivity index (χ2n) is 7.75. The van der Waals surface area contributed by atoms with E-state index in [9.17, 15) is 4.79 Å². The zero-order valence-electron chi connectivity index (χ0n) is 17.9. The van der Waals surface area contributed by atoms with Gasteiger partial charge in [0.05, 0.1) is 24.5 Å². The van der Waals surface area contributed by atoms with E-state index in [2.05, 4.69) is 21.8 Å². The summed E-state index contributed by atoms with van der Waals surface area (Å²) in [4.78, 5) is 26.3. The van der Waals surface area contributed by atoms with Gasteiger partial charge in [0.15, 0.2) is 5.76 Å². The lowest BCUT2D eigenvalue weighted by molar-refractivity contribution is 0.101. The molecule has 1 fully saturated rings. The molecule has 0 radical (unpaired) electrons. The number of ether oxygens (including phenoxy) is 1. The third kappa shape index (κ3) is 4.67. The molecule has 0 N–H and O–H groups in total. The van der Waals surface area contributed by atoms with Gasteiger partial charge in [0.2, 0.25) is 11.7 Å². The molecule has 1 aliphatic heterocycles. The maximum Gasteiger partial charge on any atom is 0.233 e. The van der Waals surface area contributed by atoms with Crippen molar-refractivity contribution >= 4 is 40.0 Å². The molecule has 0 aliphatic carbocycles. The number of carbonyl (C=O) groups is 1. The Labute approximate surface area is 187 Å². The number of benzene rings is 1. The van der Waals surface area contributed by atoms with Crippen LogP contribution >= 0.6 is 11.6 Å². The van der Waals surface area contributed by atoms with E-state index in [4.69, 9.17) is 20.8 Å². The zero-order valence-corrected chi connectivity index (χ0v) is 18.7. The molecular formula is C23H27ClN4O3. The molecule has 0 atom stereocenters. The van der Waals surface area contributed by atoms with E-state index in [1.54, 1.807) is 24.5 Å². The third-order valence-electron chi connectivity index (χ3n) is 5.50. The molecule has 8 heteroatoms. The largest absolute Gasteiger partial charge is 0.450 e. The van der Waals surface area contributed by atoms with Crippen LogP contribution in [-0.4, -0.2) is 55.6 Å². The van der Waals surface area contributed by atoms with Crippen LogP contribution in [0.2, 0.25) is 5.02 Å². The van der Waals surface area contributed by atoms with E-state index >= 15 is 0 Å². The molecule has 1 saturated heterocycles. The highest BCUT2D eigenvalue weighted by Crippen LogP contribution is 2.36. The number of unbranched alkanes of at least 4 members (excludes halogenated alkanes) is 2. The summed E-state index contributed by atoms with van der Waals surface area (Å²) in [6.07, 6.45) is 6.43. The lowest BCUT2D eigenvalue weighted by atomic mass is 10.1. The fourth-order valence-corrected chi connectivity index (χ4v) is 3.97. The molecule has 7 nitrogen and oxygen atoms in total. The summed E-state index contributed by atoms with van der Waals surface area (Å²) in [5, 5.41) is 1.44. The van der Waals surface area contributed by atoms with Crippen molar-refractivity contribution in [3.05, 3.63) is 46.9 Å². The number of rotatable bonds is 8. The maximum atomic E-state index is 13.4. The van der Waals surface area contributed by atoms with Gasteiger partial charge in [0.25, 0.3) is 0 Å². The molecule has 0 saturated carbocycles. The van der Waals surface area contributed by atoms with Crippen LogP contribution in [0, 0.1) is 0 Å². The molecular weight excluding hydrogens is 416 g/mol. The number of anilines is 2. The molecule has 3 heterocycles. The Morgan fingerprint density at radius 2 is 1.94 bits per heavy atom. The Morgan fingerprint density at radius 3 is 2.65 bits per heavy atom. The Kier molecular flexibility index (Phi) is 6.73. The molecule has 0 spiro atoms. The average molecular weight is 443 g/mol. The van der Waals surface area contributed by atoms with Crippen LogP contribution in [-0.2, 0) is 4.74 Å². The minimum atomic E-state index is -0.238. The summed E-state index contributed by atoms with van der Waals surface area (Å²) in [5.74, 6) is 0.658. The first-order valence-corrected chi connectivity index (χ1v) is 11.1. The quantitative estimate of drug-likeness (QED) is 0.373. The smallest absolute Gasteiger partial charge is 0.233 e. The van der Waals surface area contributed by atoms with Crippen LogP contribution in [0.5, 0.6) is 0 Å². The van der Waals surface area contributed by atoms with Crippen LogP contribution in [0.1, 0.15) is 42.3 Å². The van der Waals surface area contributed by atoms with Crippen LogP contribution in [0.3, 0.4) is 0 Å².